The van der Waals surface area contributed by atoms with E-state index in [1.807, 2.05) is 0 Å². The third-order valence-corrected chi connectivity index (χ3v) is 10.6. The van der Waals surface area contributed by atoms with Gasteiger partial charge in [-0.2, -0.15) is 0 Å². The molecule has 0 N–H and O–H groups in total. The first-order chi connectivity index (χ1) is 30.5. The monoisotopic (exact) mass is 863 g/mol. The van der Waals surface area contributed by atoms with Crippen LogP contribution in [0.2, 0.25) is 0 Å². The molecule has 0 bridgehead atoms. The highest BCUT2D eigenvalue weighted by molar-refractivity contribution is 5.71. The van der Waals surface area contributed by atoms with Gasteiger partial charge in [-0.3, -0.25) is 14.4 Å². The summed E-state index contributed by atoms with van der Waals surface area (Å²) in [6, 6.07) is 0. The first-order valence-corrected chi connectivity index (χ1v) is 25.6. The molecule has 6 nitrogen and oxygen atoms in total. The van der Waals surface area contributed by atoms with Crippen molar-refractivity contribution in [2.45, 2.75) is 239 Å². The highest BCUT2D eigenvalue weighted by Gasteiger charge is 2.19. The van der Waals surface area contributed by atoms with Crippen molar-refractivity contribution in [1.29, 1.82) is 0 Å². The van der Waals surface area contributed by atoms with Crippen molar-refractivity contribution in [2.24, 2.45) is 0 Å². The van der Waals surface area contributed by atoms with Gasteiger partial charge in [-0.05, 0) is 122 Å². The molecule has 0 aliphatic heterocycles. The van der Waals surface area contributed by atoms with Crippen LogP contribution in [0.3, 0.4) is 0 Å². The normalized spacial score (nSPS) is 12.8. The summed E-state index contributed by atoms with van der Waals surface area (Å²) in [7, 11) is 0. The molecule has 0 amide bonds. The highest BCUT2D eigenvalue weighted by Crippen LogP contribution is 2.12. The van der Waals surface area contributed by atoms with Crippen LogP contribution in [-0.2, 0) is 28.6 Å². The fraction of sp³-hybridized carbons (Fsp3) is 0.696. The summed E-state index contributed by atoms with van der Waals surface area (Å²) in [6.45, 7) is 6.49. The molecule has 0 saturated heterocycles. The van der Waals surface area contributed by atoms with Gasteiger partial charge in [0.05, 0.1) is 0 Å². The van der Waals surface area contributed by atoms with E-state index in [1.54, 1.807) is 0 Å². The number of allylic oxidation sites excluding steroid dienone is 14. The van der Waals surface area contributed by atoms with Crippen LogP contribution in [0.1, 0.15) is 233 Å². The summed E-state index contributed by atoms with van der Waals surface area (Å²) in [5.74, 6) is -0.976. The van der Waals surface area contributed by atoms with Crippen molar-refractivity contribution in [3.05, 3.63) is 85.1 Å². The third kappa shape index (κ3) is 47.6. The summed E-state index contributed by atoms with van der Waals surface area (Å²) in [5, 5.41) is 0. The van der Waals surface area contributed by atoms with Crippen LogP contribution in [0.15, 0.2) is 85.1 Å². The molecule has 0 aromatic rings. The summed E-state index contributed by atoms with van der Waals surface area (Å²) >= 11 is 0. The second-order valence-electron chi connectivity index (χ2n) is 16.7. The Hall–Kier alpha value is -3.41. The average molecular weight is 863 g/mol. The molecular formula is C56H94O6. The molecule has 0 unspecified atom stereocenters. The second kappa shape index (κ2) is 50.2. The molecule has 0 aromatic carbocycles. The number of esters is 3. The molecule has 0 fully saturated rings. The van der Waals surface area contributed by atoms with E-state index in [4.69, 9.17) is 14.2 Å². The summed E-state index contributed by atoms with van der Waals surface area (Å²) in [5.41, 5.74) is 0. The van der Waals surface area contributed by atoms with E-state index in [9.17, 15) is 14.4 Å². The van der Waals surface area contributed by atoms with Crippen molar-refractivity contribution in [3.63, 3.8) is 0 Å². The number of carbonyl (C=O) groups excluding carboxylic acids is 3. The molecule has 0 saturated carbocycles. The molecule has 0 radical (unpaired) electrons. The molecule has 62 heavy (non-hydrogen) atoms. The first kappa shape index (κ1) is 58.6. The Labute approximate surface area is 382 Å². The van der Waals surface area contributed by atoms with Crippen molar-refractivity contribution in [1.82, 2.24) is 0 Å². The summed E-state index contributed by atoms with van der Waals surface area (Å²) in [4.78, 5) is 37.9. The molecule has 0 aromatic heterocycles. The Bertz CT molecular complexity index is 1220. The van der Waals surface area contributed by atoms with Crippen LogP contribution in [0.25, 0.3) is 0 Å². The van der Waals surface area contributed by atoms with Crippen molar-refractivity contribution < 1.29 is 28.6 Å². The lowest BCUT2D eigenvalue weighted by Gasteiger charge is -2.18. The maximum Gasteiger partial charge on any atom is 0.306 e. The quantitative estimate of drug-likeness (QED) is 0.0263. The van der Waals surface area contributed by atoms with Gasteiger partial charge in [-0.25, -0.2) is 0 Å². The van der Waals surface area contributed by atoms with E-state index in [0.29, 0.717) is 19.3 Å². The fourth-order valence-corrected chi connectivity index (χ4v) is 6.68. The van der Waals surface area contributed by atoms with E-state index in [2.05, 4.69) is 106 Å². The molecule has 0 aliphatic carbocycles. The third-order valence-electron chi connectivity index (χ3n) is 10.6. The number of unbranched alkanes of at least 4 members (excludes halogenated alkanes) is 20. The lowest BCUT2D eigenvalue weighted by molar-refractivity contribution is -0.167. The molecule has 0 rings (SSSR count). The van der Waals surface area contributed by atoms with Crippen LogP contribution >= 0.6 is 0 Å². The van der Waals surface area contributed by atoms with Crippen molar-refractivity contribution in [2.75, 3.05) is 13.2 Å². The van der Waals surface area contributed by atoms with Gasteiger partial charge in [0.25, 0.3) is 0 Å². The predicted octanol–water partition coefficient (Wildman–Crippen LogP) is 16.8. The van der Waals surface area contributed by atoms with E-state index in [0.717, 1.165) is 103 Å². The lowest BCUT2D eigenvalue weighted by atomic mass is 10.1. The maximum absolute atomic E-state index is 12.8. The SMILES string of the molecule is CCCCC/C=C\C/C=C\C/C=C\CCCCCCC(=O)OC[C@@H](COC(=O)CCCCCCC/C=C\CCCCC)OC(=O)CCCC/C=C\C/C=C\C/C=C\CCCCC. The van der Waals surface area contributed by atoms with Crippen molar-refractivity contribution >= 4 is 17.9 Å². The summed E-state index contributed by atoms with van der Waals surface area (Å²) in [6.07, 6.45) is 64.2. The zero-order chi connectivity index (χ0) is 45.1. The van der Waals surface area contributed by atoms with Gasteiger partial charge in [0.2, 0.25) is 0 Å². The Morgan fingerprint density at radius 2 is 0.581 bits per heavy atom. The summed E-state index contributed by atoms with van der Waals surface area (Å²) < 4.78 is 16.7. The topological polar surface area (TPSA) is 78.9 Å². The van der Waals surface area contributed by atoms with Crippen LogP contribution in [-0.4, -0.2) is 37.2 Å². The molecule has 0 spiro atoms. The van der Waals surface area contributed by atoms with Crippen molar-refractivity contribution in [3.8, 4) is 0 Å². The Kier molecular flexibility index (Phi) is 47.5. The first-order valence-electron chi connectivity index (χ1n) is 25.6. The van der Waals surface area contributed by atoms with Gasteiger partial charge in [0.1, 0.15) is 13.2 Å². The maximum atomic E-state index is 12.8. The van der Waals surface area contributed by atoms with Crippen LogP contribution in [0.4, 0.5) is 0 Å². The molecular weight excluding hydrogens is 769 g/mol. The fourth-order valence-electron chi connectivity index (χ4n) is 6.68. The Morgan fingerprint density at radius 3 is 0.952 bits per heavy atom. The number of rotatable bonds is 45. The van der Waals surface area contributed by atoms with Gasteiger partial charge >= 0.3 is 17.9 Å². The van der Waals surface area contributed by atoms with E-state index in [-0.39, 0.29) is 37.5 Å². The Morgan fingerprint density at radius 1 is 0.323 bits per heavy atom. The predicted molar refractivity (Wildman–Crippen MR) is 265 cm³/mol. The zero-order valence-corrected chi connectivity index (χ0v) is 40.4. The number of hydrogen-bond acceptors (Lipinski definition) is 6. The largest absolute Gasteiger partial charge is 0.462 e. The van der Waals surface area contributed by atoms with Gasteiger partial charge < -0.3 is 14.2 Å². The molecule has 0 aliphatic rings. The highest BCUT2D eigenvalue weighted by atomic mass is 16.6. The minimum Gasteiger partial charge on any atom is -0.462 e. The van der Waals surface area contributed by atoms with Crippen LogP contribution < -0.4 is 0 Å². The van der Waals surface area contributed by atoms with Crippen LogP contribution in [0, 0.1) is 0 Å². The zero-order valence-electron chi connectivity index (χ0n) is 40.4. The Balaban J connectivity index is 4.50. The van der Waals surface area contributed by atoms with Crippen LogP contribution in [0.5, 0.6) is 0 Å². The number of ether oxygens (including phenoxy) is 3. The molecule has 6 heteroatoms. The number of carbonyl (C=O) groups is 3. The smallest absolute Gasteiger partial charge is 0.306 e. The second-order valence-corrected chi connectivity index (χ2v) is 16.7. The molecule has 354 valence electrons. The van der Waals surface area contributed by atoms with Gasteiger partial charge in [0.15, 0.2) is 6.10 Å². The average Bonchev–Trinajstić information content (AvgIpc) is 3.27. The minimum atomic E-state index is -0.808. The van der Waals surface area contributed by atoms with E-state index in [1.165, 1.54) is 83.5 Å². The van der Waals surface area contributed by atoms with E-state index >= 15 is 0 Å². The lowest BCUT2D eigenvalue weighted by Crippen LogP contribution is -2.30. The minimum absolute atomic E-state index is 0.104. The van der Waals surface area contributed by atoms with Gasteiger partial charge in [0, 0.05) is 19.3 Å². The standard InChI is InChI=1S/C56H94O6/c1-4-7-10-13-16-19-22-25-27-28-30-31-34-37-40-43-46-49-55(58)61-52-53(51-60-54(57)48-45-42-39-36-33-24-21-18-15-12-9-6-3)62-56(59)50-47-44-41-38-35-32-29-26-23-20-17-14-11-8-5-2/h16-21,25-27,29-31,35,38,53H,4-15,22-24,28,32-34,36-37,39-52H2,1-3H3/b19-16-,20-17-,21-18-,27-25-,29-26-,31-30-,38-35-/t53-/m1/s1. The molecule has 0 heterocycles. The van der Waals surface area contributed by atoms with Gasteiger partial charge in [-0.15, -0.1) is 0 Å². The molecule has 1 atom stereocenters. The van der Waals surface area contributed by atoms with E-state index < -0.39 is 6.10 Å². The van der Waals surface area contributed by atoms with Gasteiger partial charge in [-0.1, -0.05) is 176 Å². The number of hydrogen-bond donors (Lipinski definition) is 0.